The summed E-state index contributed by atoms with van der Waals surface area (Å²) in [6, 6.07) is 28.5. The smallest absolute Gasteiger partial charge is 0.0604 e. The zero-order valence-electron chi connectivity index (χ0n) is 17.5. The van der Waals surface area contributed by atoms with Gasteiger partial charge in [0.25, 0.3) is 0 Å². The number of fused-ring (bicyclic) bond motifs is 3. The van der Waals surface area contributed by atoms with Crippen molar-refractivity contribution in [3.8, 4) is 11.1 Å². The van der Waals surface area contributed by atoms with Crippen LogP contribution < -0.4 is 5.32 Å². The Kier molecular flexibility index (Phi) is 5.85. The van der Waals surface area contributed by atoms with Crippen LogP contribution in [0.3, 0.4) is 0 Å². The summed E-state index contributed by atoms with van der Waals surface area (Å²) < 4.78 is 0. The normalized spacial score (nSPS) is 13.6. The molecule has 0 saturated heterocycles. The molecule has 0 bridgehead atoms. The van der Waals surface area contributed by atoms with Gasteiger partial charge in [-0.2, -0.15) is 0 Å². The largest absolute Gasteiger partial charge is 0.388 e. The monoisotopic (exact) mass is 381 g/mol. The number of rotatable bonds is 9. The molecule has 1 aliphatic rings. The Hall–Kier alpha value is -2.80. The fraction of sp³-hybridized carbons (Fsp3) is 0.286. The molecule has 1 nitrogen and oxygen atoms in total. The molecule has 0 amide bonds. The molecule has 3 aromatic rings. The molecule has 0 heterocycles. The van der Waals surface area contributed by atoms with E-state index >= 15 is 0 Å². The lowest BCUT2D eigenvalue weighted by Gasteiger charge is -2.35. The van der Waals surface area contributed by atoms with Crippen molar-refractivity contribution in [1.29, 1.82) is 0 Å². The van der Waals surface area contributed by atoms with Gasteiger partial charge in [0.1, 0.15) is 0 Å². The van der Waals surface area contributed by atoms with E-state index < -0.39 is 0 Å². The molecule has 1 aliphatic carbocycles. The van der Waals surface area contributed by atoms with Crippen LogP contribution in [0.15, 0.2) is 91.1 Å². The van der Waals surface area contributed by atoms with Gasteiger partial charge in [0, 0.05) is 12.2 Å². The van der Waals surface area contributed by atoms with Crippen molar-refractivity contribution < 1.29 is 0 Å². The maximum Gasteiger partial charge on any atom is 0.0604 e. The van der Waals surface area contributed by atoms with Crippen LogP contribution in [-0.4, -0.2) is 6.54 Å². The van der Waals surface area contributed by atoms with Gasteiger partial charge in [0.2, 0.25) is 0 Å². The highest BCUT2D eigenvalue weighted by Crippen LogP contribution is 2.53. The Morgan fingerprint density at radius 2 is 1.38 bits per heavy atom. The van der Waals surface area contributed by atoms with E-state index in [4.69, 9.17) is 0 Å². The van der Waals surface area contributed by atoms with Crippen LogP contribution in [0.5, 0.6) is 0 Å². The van der Waals surface area contributed by atoms with E-state index in [1.165, 1.54) is 34.2 Å². The molecular formula is C28H31N. The third-order valence-corrected chi connectivity index (χ3v) is 6.28. The Balaban J connectivity index is 1.50. The number of nitrogens with one attached hydrogen (secondary N) is 1. The summed E-state index contributed by atoms with van der Waals surface area (Å²) in [5.41, 5.74) is 7.99. The molecule has 0 aliphatic heterocycles. The van der Waals surface area contributed by atoms with Crippen molar-refractivity contribution in [3.05, 3.63) is 108 Å². The quantitative estimate of drug-likeness (QED) is 0.398. The van der Waals surface area contributed by atoms with Gasteiger partial charge in [0.15, 0.2) is 0 Å². The summed E-state index contributed by atoms with van der Waals surface area (Å²) in [6.07, 6.45) is 5.69. The summed E-state index contributed by atoms with van der Waals surface area (Å²) in [5, 5.41) is 3.72. The molecule has 0 spiro atoms. The molecule has 0 fully saturated rings. The molecule has 0 aromatic heterocycles. The van der Waals surface area contributed by atoms with Gasteiger partial charge >= 0.3 is 0 Å². The third-order valence-electron chi connectivity index (χ3n) is 6.28. The van der Waals surface area contributed by atoms with Crippen LogP contribution in [0.1, 0.15) is 49.3 Å². The average Bonchev–Trinajstić information content (AvgIpc) is 3.06. The van der Waals surface area contributed by atoms with Crippen molar-refractivity contribution >= 4 is 0 Å². The van der Waals surface area contributed by atoms with E-state index in [2.05, 4.69) is 97.7 Å². The minimum Gasteiger partial charge on any atom is -0.388 e. The molecule has 0 saturated carbocycles. The summed E-state index contributed by atoms with van der Waals surface area (Å²) in [5.74, 6) is 0. The fourth-order valence-corrected chi connectivity index (χ4v) is 4.93. The molecule has 4 rings (SSSR count). The second kappa shape index (κ2) is 8.69. The minimum absolute atomic E-state index is 0.124. The molecule has 0 unspecified atom stereocenters. The van der Waals surface area contributed by atoms with Gasteiger partial charge in [0.05, 0.1) is 5.41 Å². The molecule has 148 valence electrons. The average molecular weight is 382 g/mol. The zero-order valence-corrected chi connectivity index (χ0v) is 17.5. The first-order chi connectivity index (χ1) is 14.3. The lowest BCUT2D eigenvalue weighted by atomic mass is 9.72. The number of aryl methyl sites for hydroxylation is 1. The van der Waals surface area contributed by atoms with Gasteiger partial charge in [-0.1, -0.05) is 98.8 Å². The number of allylic oxidation sites excluding steroid dienone is 1. The van der Waals surface area contributed by atoms with Crippen LogP contribution in [0.2, 0.25) is 0 Å². The molecule has 1 heteroatoms. The van der Waals surface area contributed by atoms with E-state index in [-0.39, 0.29) is 5.41 Å². The summed E-state index contributed by atoms with van der Waals surface area (Å²) in [7, 11) is 0. The molecule has 0 atom stereocenters. The number of unbranched alkanes of at least 4 members (excludes halogenated alkanes) is 1. The highest BCUT2D eigenvalue weighted by atomic mass is 14.9. The Morgan fingerprint density at radius 3 is 2.00 bits per heavy atom. The number of hydrogen-bond donors (Lipinski definition) is 1. The first-order valence-corrected chi connectivity index (χ1v) is 10.9. The fourth-order valence-electron chi connectivity index (χ4n) is 4.93. The first-order valence-electron chi connectivity index (χ1n) is 10.9. The van der Waals surface area contributed by atoms with E-state index in [1.807, 2.05) is 0 Å². The molecule has 0 radical (unpaired) electrons. The van der Waals surface area contributed by atoms with Gasteiger partial charge in [-0.25, -0.2) is 0 Å². The van der Waals surface area contributed by atoms with Crippen molar-refractivity contribution in [2.75, 3.05) is 6.54 Å². The SMILES string of the molecule is C=C(NCCCCc1ccccc1)C1(CCC)c2ccccc2-c2ccccc21. The molecule has 29 heavy (non-hydrogen) atoms. The second-order valence-electron chi connectivity index (χ2n) is 8.09. The highest BCUT2D eigenvalue weighted by molar-refractivity contribution is 5.82. The highest BCUT2D eigenvalue weighted by Gasteiger charge is 2.44. The maximum absolute atomic E-state index is 4.57. The summed E-state index contributed by atoms with van der Waals surface area (Å²) in [6.45, 7) is 7.82. The van der Waals surface area contributed by atoms with Crippen molar-refractivity contribution in [1.82, 2.24) is 5.32 Å². The lowest BCUT2D eigenvalue weighted by Crippen LogP contribution is -2.35. The van der Waals surface area contributed by atoms with Gasteiger partial charge in [-0.05, 0) is 53.5 Å². The van der Waals surface area contributed by atoms with E-state index in [9.17, 15) is 0 Å². The van der Waals surface area contributed by atoms with Crippen LogP contribution in [0, 0.1) is 0 Å². The van der Waals surface area contributed by atoms with Gasteiger partial charge < -0.3 is 5.32 Å². The molecular weight excluding hydrogens is 350 g/mol. The number of benzene rings is 3. The summed E-state index contributed by atoms with van der Waals surface area (Å²) in [4.78, 5) is 0. The lowest BCUT2D eigenvalue weighted by molar-refractivity contribution is 0.505. The van der Waals surface area contributed by atoms with Crippen LogP contribution in [0.25, 0.3) is 11.1 Å². The van der Waals surface area contributed by atoms with Crippen molar-refractivity contribution in [2.45, 2.75) is 44.4 Å². The van der Waals surface area contributed by atoms with Crippen LogP contribution in [0.4, 0.5) is 0 Å². The molecule has 3 aromatic carbocycles. The van der Waals surface area contributed by atoms with Gasteiger partial charge in [-0.15, -0.1) is 0 Å². The second-order valence-corrected chi connectivity index (χ2v) is 8.09. The van der Waals surface area contributed by atoms with E-state index in [0.717, 1.165) is 37.9 Å². The standard InChI is InChI=1S/C28H31N/c1-3-20-28(22(2)29-21-12-11-15-23-13-5-4-6-14-23)26-18-9-7-16-24(26)25-17-8-10-19-27(25)28/h4-10,13-14,16-19,29H,2-3,11-12,15,20-21H2,1H3. The van der Waals surface area contributed by atoms with Crippen LogP contribution in [-0.2, 0) is 11.8 Å². The van der Waals surface area contributed by atoms with E-state index in [1.54, 1.807) is 0 Å². The molecule has 1 N–H and O–H groups in total. The number of hydrogen-bond acceptors (Lipinski definition) is 1. The maximum atomic E-state index is 4.57. The zero-order chi connectivity index (χ0) is 20.1. The topological polar surface area (TPSA) is 12.0 Å². The minimum atomic E-state index is -0.124. The Morgan fingerprint density at radius 1 is 0.793 bits per heavy atom. The first kappa shape index (κ1) is 19.5. The Bertz CT molecular complexity index is 925. The third kappa shape index (κ3) is 3.62. The van der Waals surface area contributed by atoms with E-state index in [0.29, 0.717) is 0 Å². The predicted octanol–water partition coefficient (Wildman–Crippen LogP) is 6.88. The van der Waals surface area contributed by atoms with Crippen molar-refractivity contribution in [3.63, 3.8) is 0 Å². The summed E-state index contributed by atoms with van der Waals surface area (Å²) >= 11 is 0. The van der Waals surface area contributed by atoms with Crippen LogP contribution >= 0.6 is 0 Å². The van der Waals surface area contributed by atoms with Gasteiger partial charge in [-0.3, -0.25) is 0 Å². The predicted molar refractivity (Wildman–Crippen MR) is 124 cm³/mol. The Labute approximate surface area is 175 Å². The van der Waals surface area contributed by atoms with Crippen molar-refractivity contribution in [2.24, 2.45) is 0 Å².